The van der Waals surface area contributed by atoms with Gasteiger partial charge in [0.15, 0.2) is 25.0 Å². The van der Waals surface area contributed by atoms with Gasteiger partial charge < -0.3 is 109 Å². The van der Waals surface area contributed by atoms with E-state index in [0.717, 1.165) is 5.57 Å². The number of esters is 2. The van der Waals surface area contributed by atoms with Gasteiger partial charge in [-0.3, -0.25) is 9.59 Å². The van der Waals surface area contributed by atoms with Crippen molar-refractivity contribution in [2.45, 2.75) is 222 Å². The summed E-state index contributed by atoms with van der Waals surface area (Å²) in [5.41, 5.74) is -4.47. The zero-order chi connectivity index (χ0) is 55.1. The number of ether oxygens (including phenoxy) is 9. The Kier molecular flexibility index (Phi) is 15.1. The van der Waals surface area contributed by atoms with Crippen molar-refractivity contribution in [1.29, 1.82) is 0 Å². The molecule has 29 unspecified atom stereocenters. The lowest BCUT2D eigenvalue weighted by Crippen LogP contribution is -2.70. The van der Waals surface area contributed by atoms with E-state index in [4.69, 9.17) is 42.6 Å². The van der Waals surface area contributed by atoms with Crippen LogP contribution in [0.25, 0.3) is 0 Å². The van der Waals surface area contributed by atoms with Crippen molar-refractivity contribution in [3.05, 3.63) is 11.6 Å². The lowest BCUT2D eigenvalue weighted by molar-refractivity contribution is -0.369. The van der Waals surface area contributed by atoms with Crippen LogP contribution in [0.4, 0.5) is 0 Å². The molecule has 13 N–H and O–H groups in total. The number of rotatable bonds is 10. The number of allylic oxidation sites excluding steroid dienone is 2. The minimum atomic E-state index is -1.90. The Morgan fingerprint density at radius 3 is 1.99 bits per heavy atom. The summed E-state index contributed by atoms with van der Waals surface area (Å²) in [5.74, 6) is -2.74. The van der Waals surface area contributed by atoms with Gasteiger partial charge in [-0.1, -0.05) is 46.3 Å². The molecule has 5 aliphatic heterocycles. The first-order chi connectivity index (χ1) is 35.6. The second-order valence-corrected chi connectivity index (χ2v) is 25.4. The first kappa shape index (κ1) is 57.1. The van der Waals surface area contributed by atoms with Gasteiger partial charge in [-0.25, -0.2) is 0 Å². The van der Waals surface area contributed by atoms with E-state index >= 15 is 4.79 Å². The quantitative estimate of drug-likeness (QED) is 0.0580. The third-order valence-electron chi connectivity index (χ3n) is 20.9. The standard InChI is InChI=1S/C52H80O24/c1-20-38(73-41-35(63)30(58)23(55)17-68-41)34(62)37(65)42(70-20)74-39-31(59)24(56)18-69-44(39)76-45(66)51-12-11-47(2,3)13-22(51)21-7-8-27-48(4)14-25-40(75-43-36(64)33(61)32(60)26(16-53)71-43)52(19-54,46(67)72-25)28(48)9-10-49(27,5)50(21,6)15-29(51)57/h7,20,22-44,53-65H,8-19H2,1-6H3. The van der Waals surface area contributed by atoms with E-state index in [9.17, 15) is 71.2 Å². The van der Waals surface area contributed by atoms with Gasteiger partial charge >= 0.3 is 11.9 Å². The summed E-state index contributed by atoms with van der Waals surface area (Å²) in [4.78, 5) is 29.5. The summed E-state index contributed by atoms with van der Waals surface area (Å²) in [6.07, 6.45) is -26.9. The Labute approximate surface area is 439 Å². The number of carbonyl (C=O) groups excluding carboxylic acids is 2. The van der Waals surface area contributed by atoms with E-state index in [0.29, 0.717) is 38.5 Å². The highest BCUT2D eigenvalue weighted by molar-refractivity contribution is 5.82. The average Bonchev–Trinajstić information content (AvgIpc) is 3.76. The van der Waals surface area contributed by atoms with Gasteiger partial charge in [-0.15, -0.1) is 0 Å². The number of aliphatic hydroxyl groups excluding tert-OH is 13. The molecule has 0 aromatic carbocycles. The van der Waals surface area contributed by atoms with Gasteiger partial charge in [-0.2, -0.15) is 0 Å². The van der Waals surface area contributed by atoms with E-state index in [2.05, 4.69) is 40.7 Å². The van der Waals surface area contributed by atoms with Crippen LogP contribution < -0.4 is 0 Å². The molecule has 0 radical (unpaired) electrons. The zero-order valence-corrected chi connectivity index (χ0v) is 43.7. The third kappa shape index (κ3) is 8.44. The fourth-order valence-corrected chi connectivity index (χ4v) is 16.4. The van der Waals surface area contributed by atoms with Crippen LogP contribution in [0.5, 0.6) is 0 Å². The smallest absolute Gasteiger partial charge is 0.317 e. The first-order valence-electron chi connectivity index (χ1n) is 27.0. The summed E-state index contributed by atoms with van der Waals surface area (Å²) >= 11 is 0. The highest BCUT2D eigenvalue weighted by Gasteiger charge is 2.77. The zero-order valence-electron chi connectivity index (χ0n) is 43.7. The number of fused-ring (bicyclic) bond motifs is 10. The van der Waals surface area contributed by atoms with Crippen LogP contribution in [0, 0.1) is 50.2 Å². The number of hydrogen-bond donors (Lipinski definition) is 13. The molecule has 0 aromatic rings. The molecule has 76 heavy (non-hydrogen) atoms. The second kappa shape index (κ2) is 20.1. The van der Waals surface area contributed by atoms with Gasteiger partial charge in [0.2, 0.25) is 6.29 Å². The van der Waals surface area contributed by atoms with Gasteiger partial charge in [0.25, 0.3) is 0 Å². The fraction of sp³-hybridized carbons (Fsp3) is 0.923. The van der Waals surface area contributed by atoms with Crippen LogP contribution in [0.3, 0.4) is 0 Å². The number of aliphatic hydroxyl groups is 13. The minimum Gasteiger partial charge on any atom is -0.459 e. The third-order valence-corrected chi connectivity index (χ3v) is 20.9. The molecule has 0 aromatic heterocycles. The minimum absolute atomic E-state index is 0.127. The molecule has 10 aliphatic rings. The maximum atomic E-state index is 15.3. The Bertz CT molecular complexity index is 2200. The van der Waals surface area contributed by atoms with E-state index in [-0.39, 0.29) is 24.2 Å². The summed E-state index contributed by atoms with van der Waals surface area (Å²) in [5, 5.41) is 142. The van der Waals surface area contributed by atoms with Gasteiger partial charge in [0, 0.05) is 0 Å². The van der Waals surface area contributed by atoms with Crippen LogP contribution in [-0.4, -0.2) is 234 Å². The van der Waals surface area contributed by atoms with Crippen LogP contribution in [0.15, 0.2) is 11.6 Å². The molecule has 4 saturated carbocycles. The van der Waals surface area contributed by atoms with Crippen molar-refractivity contribution in [2.24, 2.45) is 50.2 Å². The summed E-state index contributed by atoms with van der Waals surface area (Å²) in [6.45, 7) is 9.87. The first-order valence-corrected chi connectivity index (χ1v) is 27.0. The van der Waals surface area contributed by atoms with Crippen molar-refractivity contribution >= 4 is 11.9 Å². The molecular weight excluding hydrogens is 1010 g/mol. The normalized spacial score (nSPS) is 55.7. The van der Waals surface area contributed by atoms with Crippen LogP contribution >= 0.6 is 0 Å². The molecule has 24 heteroatoms. The van der Waals surface area contributed by atoms with E-state index in [1.54, 1.807) is 0 Å². The molecule has 0 spiro atoms. The Morgan fingerprint density at radius 1 is 0.671 bits per heavy atom. The predicted molar refractivity (Wildman–Crippen MR) is 252 cm³/mol. The predicted octanol–water partition coefficient (Wildman–Crippen LogP) is -3.27. The maximum Gasteiger partial charge on any atom is 0.317 e. The number of hydrogen-bond acceptors (Lipinski definition) is 24. The van der Waals surface area contributed by atoms with Crippen LogP contribution in [0.2, 0.25) is 0 Å². The van der Waals surface area contributed by atoms with Crippen LogP contribution in [-0.2, 0) is 52.2 Å². The molecular formula is C52H80O24. The van der Waals surface area contributed by atoms with Gasteiger partial charge in [0.1, 0.15) is 96.3 Å². The maximum absolute atomic E-state index is 15.3. The summed E-state index contributed by atoms with van der Waals surface area (Å²) < 4.78 is 53.2. The number of carbonyl (C=O) groups is 2. The van der Waals surface area contributed by atoms with E-state index in [1.807, 2.05) is 0 Å². The second-order valence-electron chi connectivity index (χ2n) is 25.4. The molecule has 5 aliphatic carbocycles. The summed E-state index contributed by atoms with van der Waals surface area (Å²) in [7, 11) is 0. The SMILES string of the molecule is CC1OC(OC2C(OC(=O)C34CCC(C)(C)CC3C3=CCC5C6(C)CC7OC(=O)C(CO)(C7OC7OC(CO)C(O)C(O)C7O)C6CCC5(C)C3(C)CC4O)OCC(O)C2O)C(O)C(O)C1OC1OCC(O)C(O)C1O. The monoisotopic (exact) mass is 1090 g/mol. The van der Waals surface area contributed by atoms with Gasteiger partial charge in [-0.05, 0) is 97.7 Å². The van der Waals surface area contributed by atoms with Gasteiger partial charge in [0.05, 0.1) is 38.6 Å². The highest BCUT2D eigenvalue weighted by atomic mass is 16.8. The Balaban J connectivity index is 0.904. The molecule has 0 amide bonds. The molecule has 2 bridgehead atoms. The highest BCUT2D eigenvalue weighted by Crippen LogP contribution is 2.77. The molecule has 24 nitrogen and oxygen atoms in total. The fourth-order valence-electron chi connectivity index (χ4n) is 16.4. The van der Waals surface area contributed by atoms with Crippen molar-refractivity contribution in [1.82, 2.24) is 0 Å². The molecule has 432 valence electrons. The molecule has 9 fully saturated rings. The topological polar surface area (TPSA) is 380 Å². The lowest BCUT2D eigenvalue weighted by Gasteiger charge is -2.71. The summed E-state index contributed by atoms with van der Waals surface area (Å²) in [6, 6.07) is 0. The van der Waals surface area contributed by atoms with Crippen molar-refractivity contribution < 1.29 is 119 Å². The van der Waals surface area contributed by atoms with Crippen molar-refractivity contribution in [3.63, 3.8) is 0 Å². The largest absolute Gasteiger partial charge is 0.459 e. The molecule has 29 atom stereocenters. The Hall–Kier alpha value is -2.12. The van der Waals surface area contributed by atoms with Crippen molar-refractivity contribution in [2.75, 3.05) is 26.4 Å². The van der Waals surface area contributed by atoms with E-state index < -0.39 is 206 Å². The molecule has 5 saturated heterocycles. The molecule has 5 heterocycles. The van der Waals surface area contributed by atoms with E-state index in [1.165, 1.54) is 6.92 Å². The molecule has 10 rings (SSSR count). The van der Waals surface area contributed by atoms with Crippen molar-refractivity contribution in [3.8, 4) is 0 Å². The average molecular weight is 1090 g/mol. The Morgan fingerprint density at radius 2 is 1.30 bits per heavy atom. The lowest BCUT2D eigenvalue weighted by atomic mass is 9.33. The van der Waals surface area contributed by atoms with Crippen LogP contribution in [0.1, 0.15) is 92.9 Å².